The van der Waals surface area contributed by atoms with E-state index >= 15 is 0 Å². The summed E-state index contributed by atoms with van der Waals surface area (Å²) in [5.74, 6) is -0.393. The Morgan fingerprint density at radius 1 is 1.19 bits per heavy atom. The van der Waals surface area contributed by atoms with Crippen LogP contribution in [0.2, 0.25) is 0 Å². The summed E-state index contributed by atoms with van der Waals surface area (Å²) in [6, 6.07) is 6.61. The normalized spacial score (nSPS) is 21.3. The first-order valence-corrected chi connectivity index (χ1v) is 9.24. The molecule has 2 aliphatic rings. The molecule has 2 fully saturated rings. The van der Waals surface area contributed by atoms with E-state index in [9.17, 15) is 9.59 Å². The average molecular weight is 361 g/mol. The molecule has 7 heteroatoms. The van der Waals surface area contributed by atoms with Gasteiger partial charge in [0.05, 0.1) is 18.8 Å². The predicted octanol–water partition coefficient (Wildman–Crippen LogP) is 2.24. The Hall–Kier alpha value is -2.12. The van der Waals surface area contributed by atoms with Crippen molar-refractivity contribution in [3.8, 4) is 0 Å². The highest BCUT2D eigenvalue weighted by atomic mass is 16.5. The fourth-order valence-electron chi connectivity index (χ4n) is 3.50. The SMILES string of the molecule is COC(=O)c1ccc(NC(=O)NC2CCN(C[C@H]3CCCO3)CC2)cc1. The highest BCUT2D eigenvalue weighted by Gasteiger charge is 2.24. The summed E-state index contributed by atoms with van der Waals surface area (Å²) in [4.78, 5) is 26.0. The predicted molar refractivity (Wildman–Crippen MR) is 98.4 cm³/mol. The minimum Gasteiger partial charge on any atom is -0.465 e. The molecule has 0 spiro atoms. The largest absolute Gasteiger partial charge is 0.465 e. The summed E-state index contributed by atoms with van der Waals surface area (Å²) in [5.41, 5.74) is 1.10. The molecule has 0 unspecified atom stereocenters. The van der Waals surface area contributed by atoms with Crippen LogP contribution in [0.4, 0.5) is 10.5 Å². The molecule has 2 amide bonds. The molecular formula is C19H27N3O4. The van der Waals surface area contributed by atoms with Crippen LogP contribution >= 0.6 is 0 Å². The van der Waals surface area contributed by atoms with Crippen molar-refractivity contribution in [1.82, 2.24) is 10.2 Å². The highest BCUT2D eigenvalue weighted by molar-refractivity contribution is 5.92. The van der Waals surface area contributed by atoms with Gasteiger partial charge in [-0.3, -0.25) is 0 Å². The van der Waals surface area contributed by atoms with Crippen molar-refractivity contribution in [2.75, 3.05) is 38.7 Å². The van der Waals surface area contributed by atoms with Crippen LogP contribution in [0.1, 0.15) is 36.0 Å². The van der Waals surface area contributed by atoms with Crippen molar-refractivity contribution >= 4 is 17.7 Å². The lowest BCUT2D eigenvalue weighted by Crippen LogP contribution is -2.47. The molecule has 1 aromatic rings. The number of piperidine rings is 1. The van der Waals surface area contributed by atoms with Gasteiger partial charge in [-0.1, -0.05) is 0 Å². The molecule has 0 aliphatic carbocycles. The Kier molecular flexibility index (Phi) is 6.46. The van der Waals surface area contributed by atoms with E-state index in [0.29, 0.717) is 17.4 Å². The van der Waals surface area contributed by atoms with Gasteiger partial charge in [0.2, 0.25) is 0 Å². The summed E-state index contributed by atoms with van der Waals surface area (Å²) in [7, 11) is 1.34. The maximum atomic E-state index is 12.2. The minimum atomic E-state index is -0.393. The van der Waals surface area contributed by atoms with Crippen molar-refractivity contribution in [2.24, 2.45) is 0 Å². The molecule has 1 aromatic carbocycles. The maximum Gasteiger partial charge on any atom is 0.337 e. The van der Waals surface area contributed by atoms with Gasteiger partial charge < -0.3 is 25.0 Å². The molecule has 142 valence electrons. The van der Waals surface area contributed by atoms with E-state index in [1.165, 1.54) is 13.5 Å². The number of urea groups is 1. The van der Waals surface area contributed by atoms with Gasteiger partial charge in [-0.15, -0.1) is 0 Å². The molecule has 2 N–H and O–H groups in total. The van der Waals surface area contributed by atoms with Crippen LogP contribution in [0.5, 0.6) is 0 Å². The number of amides is 2. The van der Waals surface area contributed by atoms with Gasteiger partial charge in [-0.25, -0.2) is 9.59 Å². The van der Waals surface area contributed by atoms with Gasteiger partial charge >= 0.3 is 12.0 Å². The third-order valence-electron chi connectivity index (χ3n) is 4.97. The number of rotatable bonds is 5. The van der Waals surface area contributed by atoms with Crippen LogP contribution in [0, 0.1) is 0 Å². The van der Waals surface area contributed by atoms with Gasteiger partial charge in [0.1, 0.15) is 0 Å². The summed E-state index contributed by atoms with van der Waals surface area (Å²) < 4.78 is 10.4. The Balaban J connectivity index is 1.39. The minimum absolute atomic E-state index is 0.185. The van der Waals surface area contributed by atoms with E-state index in [1.807, 2.05) is 0 Å². The van der Waals surface area contributed by atoms with Crippen LogP contribution < -0.4 is 10.6 Å². The number of benzene rings is 1. The van der Waals surface area contributed by atoms with Crippen LogP contribution in [-0.2, 0) is 9.47 Å². The van der Waals surface area contributed by atoms with Crippen LogP contribution in [0.15, 0.2) is 24.3 Å². The zero-order valence-corrected chi connectivity index (χ0v) is 15.2. The van der Waals surface area contributed by atoms with Crippen LogP contribution in [-0.4, -0.2) is 62.4 Å². The monoisotopic (exact) mass is 361 g/mol. The number of hydrogen-bond acceptors (Lipinski definition) is 5. The van der Waals surface area contributed by atoms with Gasteiger partial charge in [0.25, 0.3) is 0 Å². The zero-order chi connectivity index (χ0) is 18.4. The van der Waals surface area contributed by atoms with Gasteiger partial charge in [-0.05, 0) is 49.9 Å². The summed E-state index contributed by atoms with van der Waals surface area (Å²) >= 11 is 0. The smallest absolute Gasteiger partial charge is 0.337 e. The van der Waals surface area contributed by atoms with Crippen LogP contribution in [0.3, 0.4) is 0 Å². The molecule has 0 saturated carbocycles. The standard InChI is InChI=1S/C19H27N3O4/c1-25-18(23)14-4-6-15(7-5-14)20-19(24)21-16-8-10-22(11-9-16)13-17-3-2-12-26-17/h4-7,16-17H,2-3,8-13H2,1H3,(H2,20,21,24)/t17-/m1/s1. The zero-order valence-electron chi connectivity index (χ0n) is 15.2. The van der Waals surface area contributed by atoms with E-state index in [-0.39, 0.29) is 12.1 Å². The molecule has 7 nitrogen and oxygen atoms in total. The maximum absolute atomic E-state index is 12.2. The van der Waals surface area contributed by atoms with Crippen molar-refractivity contribution in [2.45, 2.75) is 37.8 Å². The lowest BCUT2D eigenvalue weighted by molar-refractivity contribution is 0.0600. The number of anilines is 1. The number of nitrogens with one attached hydrogen (secondary N) is 2. The Morgan fingerprint density at radius 2 is 1.92 bits per heavy atom. The first-order chi connectivity index (χ1) is 12.6. The number of methoxy groups -OCH3 is 1. The number of hydrogen-bond donors (Lipinski definition) is 2. The van der Waals surface area contributed by atoms with E-state index in [2.05, 4.69) is 20.3 Å². The van der Waals surface area contributed by atoms with Crippen molar-refractivity contribution in [3.63, 3.8) is 0 Å². The number of likely N-dealkylation sites (tertiary alicyclic amines) is 1. The van der Waals surface area contributed by atoms with E-state index in [4.69, 9.17) is 4.74 Å². The third-order valence-corrected chi connectivity index (χ3v) is 4.97. The first-order valence-electron chi connectivity index (χ1n) is 9.24. The van der Waals surface area contributed by atoms with Gasteiger partial charge in [0, 0.05) is 38.0 Å². The fraction of sp³-hybridized carbons (Fsp3) is 0.579. The van der Waals surface area contributed by atoms with Crippen molar-refractivity contribution in [3.05, 3.63) is 29.8 Å². The molecule has 26 heavy (non-hydrogen) atoms. The van der Waals surface area contributed by atoms with E-state index < -0.39 is 5.97 Å². The second-order valence-corrected chi connectivity index (χ2v) is 6.88. The molecule has 1 atom stereocenters. The average Bonchev–Trinajstić information content (AvgIpc) is 3.16. The highest BCUT2D eigenvalue weighted by Crippen LogP contribution is 2.17. The lowest BCUT2D eigenvalue weighted by atomic mass is 10.0. The van der Waals surface area contributed by atoms with Crippen LogP contribution in [0.25, 0.3) is 0 Å². The first kappa shape index (κ1) is 18.7. The lowest BCUT2D eigenvalue weighted by Gasteiger charge is -2.33. The number of nitrogens with zero attached hydrogens (tertiary/aromatic N) is 1. The molecule has 3 rings (SSSR count). The van der Waals surface area contributed by atoms with Gasteiger partial charge in [-0.2, -0.15) is 0 Å². The van der Waals surface area contributed by atoms with E-state index in [0.717, 1.165) is 45.5 Å². The Morgan fingerprint density at radius 3 is 2.54 bits per heavy atom. The molecular weight excluding hydrogens is 334 g/mol. The number of carbonyl (C=O) groups is 2. The number of carbonyl (C=O) groups excluding carboxylic acids is 2. The molecule has 2 aliphatic heterocycles. The summed E-state index contributed by atoms with van der Waals surface area (Å²) in [6.07, 6.45) is 4.61. The second kappa shape index (κ2) is 9.00. The Labute approximate surface area is 154 Å². The summed E-state index contributed by atoms with van der Waals surface area (Å²) in [6.45, 7) is 3.87. The van der Waals surface area contributed by atoms with Crippen molar-refractivity contribution < 1.29 is 19.1 Å². The molecule has 2 heterocycles. The van der Waals surface area contributed by atoms with Crippen molar-refractivity contribution in [1.29, 1.82) is 0 Å². The number of ether oxygens (including phenoxy) is 2. The third kappa shape index (κ3) is 5.19. The van der Waals surface area contributed by atoms with E-state index in [1.54, 1.807) is 24.3 Å². The number of esters is 1. The fourth-order valence-corrected chi connectivity index (χ4v) is 3.50. The quantitative estimate of drug-likeness (QED) is 0.786. The van der Waals surface area contributed by atoms with Gasteiger partial charge in [0.15, 0.2) is 0 Å². The summed E-state index contributed by atoms with van der Waals surface area (Å²) in [5, 5.41) is 5.84. The second-order valence-electron chi connectivity index (χ2n) is 6.88. The Bertz CT molecular complexity index is 606. The molecule has 0 aromatic heterocycles. The molecule has 2 saturated heterocycles. The molecule has 0 bridgehead atoms. The topological polar surface area (TPSA) is 79.9 Å². The molecule has 0 radical (unpaired) electrons.